The van der Waals surface area contributed by atoms with E-state index in [1.807, 2.05) is 0 Å². The predicted octanol–water partition coefficient (Wildman–Crippen LogP) is 8.02. The average molecular weight is 427 g/mol. The first-order valence-corrected chi connectivity index (χ1v) is 13.7. The second-order valence-electron chi connectivity index (χ2n) is 14.7. The lowest BCUT2D eigenvalue weighted by Gasteiger charge is -2.44. The summed E-state index contributed by atoms with van der Waals surface area (Å²) in [5.41, 5.74) is 3.50. The number of fused-ring (bicyclic) bond motifs is 2. The summed E-state index contributed by atoms with van der Waals surface area (Å²) in [7, 11) is 0. The van der Waals surface area contributed by atoms with E-state index in [1.165, 1.54) is 51.4 Å². The Hall–Kier alpha value is -0.300. The summed E-state index contributed by atoms with van der Waals surface area (Å²) in [6.45, 7) is 19.3. The number of allylic oxidation sites excluding steroid dienone is 2. The van der Waals surface area contributed by atoms with E-state index < -0.39 is 5.60 Å². The Morgan fingerprint density at radius 1 is 0.742 bits per heavy atom. The molecule has 1 nitrogen and oxygen atoms in total. The molecule has 2 spiro atoms. The van der Waals surface area contributed by atoms with Crippen LogP contribution in [0.4, 0.5) is 0 Å². The van der Waals surface area contributed by atoms with Gasteiger partial charge in [-0.3, -0.25) is 0 Å². The van der Waals surface area contributed by atoms with E-state index in [4.69, 9.17) is 0 Å². The number of hydrogen-bond acceptors (Lipinski definition) is 1. The maximum atomic E-state index is 10.6. The summed E-state index contributed by atoms with van der Waals surface area (Å²) in [6, 6.07) is 0. The highest BCUT2D eigenvalue weighted by Gasteiger charge is 2.67. The zero-order valence-electron chi connectivity index (χ0n) is 21.9. The summed E-state index contributed by atoms with van der Waals surface area (Å²) >= 11 is 0. The molecular weight excluding hydrogens is 376 g/mol. The molecule has 0 saturated heterocycles. The molecule has 4 unspecified atom stereocenters. The van der Waals surface area contributed by atoms with Crippen molar-refractivity contribution in [3.05, 3.63) is 11.6 Å². The van der Waals surface area contributed by atoms with Crippen molar-refractivity contribution in [3.8, 4) is 0 Å². The van der Waals surface area contributed by atoms with Crippen molar-refractivity contribution < 1.29 is 5.11 Å². The van der Waals surface area contributed by atoms with Crippen LogP contribution in [0.25, 0.3) is 0 Å². The fraction of sp³-hybridized carbons (Fsp3) is 0.933. The van der Waals surface area contributed by atoms with Crippen LogP contribution in [0.15, 0.2) is 11.6 Å². The van der Waals surface area contributed by atoms with Crippen molar-refractivity contribution in [3.63, 3.8) is 0 Å². The van der Waals surface area contributed by atoms with Crippen LogP contribution in [-0.4, -0.2) is 10.7 Å². The molecule has 0 radical (unpaired) electrons. The molecule has 6 rings (SSSR count). The fourth-order valence-electron chi connectivity index (χ4n) is 11.2. The van der Waals surface area contributed by atoms with Gasteiger partial charge >= 0.3 is 0 Å². The summed E-state index contributed by atoms with van der Waals surface area (Å²) in [4.78, 5) is 0. The van der Waals surface area contributed by atoms with E-state index in [-0.39, 0.29) is 0 Å². The van der Waals surface area contributed by atoms with Crippen molar-refractivity contribution >= 4 is 0 Å². The molecule has 5 fully saturated rings. The van der Waals surface area contributed by atoms with Gasteiger partial charge in [0.15, 0.2) is 0 Å². The van der Waals surface area contributed by atoms with Gasteiger partial charge in [0, 0.05) is 0 Å². The molecule has 0 aliphatic heterocycles. The molecule has 0 heterocycles. The van der Waals surface area contributed by atoms with Crippen LogP contribution in [0.2, 0.25) is 0 Å². The molecule has 4 bridgehead atoms. The van der Waals surface area contributed by atoms with Gasteiger partial charge in [0.25, 0.3) is 0 Å². The Balaban J connectivity index is 0.000000132. The molecule has 31 heavy (non-hydrogen) atoms. The Kier molecular flexibility index (Phi) is 4.82. The second kappa shape index (κ2) is 6.64. The molecule has 9 atom stereocenters. The van der Waals surface area contributed by atoms with Crippen LogP contribution >= 0.6 is 0 Å². The van der Waals surface area contributed by atoms with Gasteiger partial charge in [-0.2, -0.15) is 0 Å². The van der Waals surface area contributed by atoms with Crippen molar-refractivity contribution in [1.82, 2.24) is 0 Å². The predicted molar refractivity (Wildman–Crippen MR) is 131 cm³/mol. The summed E-state index contributed by atoms with van der Waals surface area (Å²) < 4.78 is 0. The first-order valence-electron chi connectivity index (χ1n) is 13.7. The number of hydrogen-bond donors (Lipinski definition) is 1. The quantitative estimate of drug-likeness (QED) is 0.389. The van der Waals surface area contributed by atoms with Crippen molar-refractivity contribution in [2.75, 3.05) is 0 Å². The maximum absolute atomic E-state index is 10.6. The average Bonchev–Trinajstić information content (AvgIpc) is 3.30. The minimum Gasteiger partial charge on any atom is -0.390 e. The number of rotatable bonds is 0. The third-order valence-corrected chi connectivity index (χ3v) is 13.1. The molecule has 6 aliphatic carbocycles. The molecule has 0 amide bonds. The SMILES string of the molecule is CC1=CCC23CC1C(C)(C)C2CCC3C.C[C@@H]1CC[C@H]2C(C)(C)[C@H]3C[C@@]12CC[C@@]3(C)O. The fourth-order valence-corrected chi connectivity index (χ4v) is 11.2. The van der Waals surface area contributed by atoms with Gasteiger partial charge in [0.05, 0.1) is 5.60 Å². The molecular formula is C30H50O. The van der Waals surface area contributed by atoms with Crippen LogP contribution in [0.5, 0.6) is 0 Å². The van der Waals surface area contributed by atoms with Crippen LogP contribution in [-0.2, 0) is 0 Å². The molecule has 1 N–H and O–H groups in total. The van der Waals surface area contributed by atoms with Gasteiger partial charge in [-0.15, -0.1) is 0 Å². The van der Waals surface area contributed by atoms with E-state index >= 15 is 0 Å². The Labute approximate surface area is 192 Å². The highest BCUT2D eigenvalue weighted by atomic mass is 16.3. The van der Waals surface area contributed by atoms with Gasteiger partial charge in [-0.1, -0.05) is 53.2 Å². The highest BCUT2D eigenvalue weighted by molar-refractivity contribution is 5.25. The lowest BCUT2D eigenvalue weighted by Crippen LogP contribution is -2.44. The summed E-state index contributed by atoms with van der Waals surface area (Å²) in [5.74, 6) is 5.14. The van der Waals surface area contributed by atoms with E-state index in [2.05, 4.69) is 61.5 Å². The molecule has 6 aliphatic rings. The molecule has 176 valence electrons. The standard InChI is InChI=1S/C15H26O.C15H24/c1-10-5-6-11-13(2,3)12-9-15(10,11)8-7-14(12,4)16;1-10-7-8-15-9-12(10)14(3,4)13(15)6-5-11(15)2/h10-12,16H,5-9H2,1-4H3;7,11-13H,5-6,8-9H2,1-4H3/t10-,11+,12-,14-,15+;/m1./s1. The third kappa shape index (κ3) is 2.77. The van der Waals surface area contributed by atoms with Gasteiger partial charge in [0.1, 0.15) is 0 Å². The van der Waals surface area contributed by atoms with Gasteiger partial charge in [-0.05, 0) is 129 Å². The van der Waals surface area contributed by atoms with E-state index in [9.17, 15) is 5.11 Å². The molecule has 1 heteroatoms. The van der Waals surface area contributed by atoms with E-state index in [0.29, 0.717) is 27.6 Å². The number of aliphatic hydroxyl groups is 1. The zero-order valence-corrected chi connectivity index (χ0v) is 21.9. The Morgan fingerprint density at radius 3 is 1.97 bits per heavy atom. The van der Waals surface area contributed by atoms with E-state index in [1.54, 1.807) is 5.57 Å². The largest absolute Gasteiger partial charge is 0.390 e. The third-order valence-electron chi connectivity index (χ3n) is 13.1. The lowest BCUT2D eigenvalue weighted by molar-refractivity contribution is -0.0717. The molecule has 0 aromatic heterocycles. The Morgan fingerprint density at radius 2 is 1.32 bits per heavy atom. The monoisotopic (exact) mass is 426 g/mol. The zero-order chi connectivity index (χ0) is 22.6. The minimum absolute atomic E-state index is 0.352. The van der Waals surface area contributed by atoms with E-state index in [0.717, 1.165) is 36.0 Å². The second-order valence-corrected chi connectivity index (χ2v) is 14.7. The normalized spacial score (nSPS) is 55.2. The van der Waals surface area contributed by atoms with Crippen molar-refractivity contribution in [2.45, 2.75) is 119 Å². The van der Waals surface area contributed by atoms with Crippen molar-refractivity contribution in [1.29, 1.82) is 0 Å². The molecule has 5 saturated carbocycles. The van der Waals surface area contributed by atoms with Gasteiger partial charge in [-0.25, -0.2) is 0 Å². The first-order chi connectivity index (χ1) is 14.3. The maximum Gasteiger partial charge on any atom is 0.0653 e. The minimum atomic E-state index is -0.404. The smallest absolute Gasteiger partial charge is 0.0653 e. The first kappa shape index (κ1) is 22.5. The van der Waals surface area contributed by atoms with Crippen LogP contribution in [0.1, 0.15) is 113 Å². The highest BCUT2D eigenvalue weighted by Crippen LogP contribution is 2.73. The summed E-state index contributed by atoms with van der Waals surface area (Å²) in [6.07, 6.45) is 14.8. The summed E-state index contributed by atoms with van der Waals surface area (Å²) in [5, 5.41) is 10.6. The van der Waals surface area contributed by atoms with Crippen molar-refractivity contribution in [2.24, 2.45) is 57.2 Å². The van der Waals surface area contributed by atoms with Crippen LogP contribution in [0.3, 0.4) is 0 Å². The van der Waals surface area contributed by atoms with Crippen LogP contribution < -0.4 is 0 Å². The molecule has 0 aromatic carbocycles. The van der Waals surface area contributed by atoms with Gasteiger partial charge < -0.3 is 5.11 Å². The lowest BCUT2D eigenvalue weighted by atomic mass is 9.64. The molecule has 0 aromatic rings. The topological polar surface area (TPSA) is 20.2 Å². The Bertz CT molecular complexity index is 767. The van der Waals surface area contributed by atoms with Gasteiger partial charge in [0.2, 0.25) is 0 Å². The van der Waals surface area contributed by atoms with Crippen LogP contribution in [0, 0.1) is 57.2 Å².